The summed E-state index contributed by atoms with van der Waals surface area (Å²) in [6.45, 7) is 2.69. The molecule has 8 heteroatoms. The third-order valence-electron chi connectivity index (χ3n) is 4.80. The van der Waals surface area contributed by atoms with Gasteiger partial charge in [0, 0.05) is 15.1 Å². The van der Waals surface area contributed by atoms with Gasteiger partial charge in [-0.1, -0.05) is 87.9 Å². The molecule has 1 heterocycles. The molecule has 0 atom stereocenters. The van der Waals surface area contributed by atoms with Gasteiger partial charge in [0.05, 0.1) is 17.2 Å². The van der Waals surface area contributed by atoms with Crippen molar-refractivity contribution in [3.05, 3.63) is 92.3 Å². The number of hydrogen-bond donors (Lipinski definition) is 0. The van der Waals surface area contributed by atoms with Gasteiger partial charge in [-0.2, -0.15) is 0 Å². The van der Waals surface area contributed by atoms with Crippen molar-refractivity contribution in [1.82, 2.24) is 0 Å². The third kappa shape index (κ3) is 5.44. The smallest absolute Gasteiger partial charge is 0.270 e. The molecule has 0 radical (unpaired) electrons. The van der Waals surface area contributed by atoms with Crippen LogP contribution >= 0.6 is 51.5 Å². The number of nitrogens with zero attached hydrogens (tertiary/aromatic N) is 1. The molecule has 0 saturated carbocycles. The lowest BCUT2D eigenvalue weighted by Crippen LogP contribution is -2.27. The third-order valence-corrected chi connectivity index (χ3v) is 7.16. The first kappa shape index (κ1) is 23.8. The molecule has 1 aliphatic rings. The van der Waals surface area contributed by atoms with Crippen LogP contribution in [0.4, 0.5) is 5.69 Å². The molecule has 4 nitrogen and oxygen atoms in total. The van der Waals surface area contributed by atoms with E-state index in [1.807, 2.05) is 79.7 Å². The number of amides is 1. The van der Waals surface area contributed by atoms with Crippen molar-refractivity contribution in [2.24, 2.45) is 0 Å². The summed E-state index contributed by atoms with van der Waals surface area (Å²) >= 11 is 16.6. The van der Waals surface area contributed by atoms with Crippen LogP contribution in [0.3, 0.4) is 0 Å². The molecule has 1 aliphatic heterocycles. The highest BCUT2D eigenvalue weighted by Crippen LogP contribution is 2.40. The average Bonchev–Trinajstić information content (AvgIpc) is 3.09. The first-order valence-electron chi connectivity index (χ1n) is 10.1. The quantitative estimate of drug-likeness (QED) is 0.221. The van der Waals surface area contributed by atoms with Crippen LogP contribution in [0, 0.1) is 0 Å². The van der Waals surface area contributed by atoms with E-state index in [0.29, 0.717) is 39.0 Å². The van der Waals surface area contributed by atoms with E-state index in [4.69, 9.17) is 33.3 Å². The van der Waals surface area contributed by atoms with Gasteiger partial charge in [0.2, 0.25) is 0 Å². The molecule has 1 saturated heterocycles. The fourth-order valence-electron chi connectivity index (χ4n) is 3.22. The van der Waals surface area contributed by atoms with Crippen molar-refractivity contribution in [1.29, 1.82) is 0 Å². The van der Waals surface area contributed by atoms with Crippen molar-refractivity contribution < 1.29 is 14.3 Å². The summed E-state index contributed by atoms with van der Waals surface area (Å²) in [6, 6.07) is 20.6. The highest BCUT2D eigenvalue weighted by Gasteiger charge is 2.33. The van der Waals surface area contributed by atoms with Crippen molar-refractivity contribution in [2.75, 3.05) is 11.5 Å². The number of hydrogen-bond acceptors (Lipinski definition) is 5. The largest absolute Gasteiger partial charge is 0.490 e. The average molecular weight is 561 g/mol. The Bertz CT molecular complexity index is 1230. The molecule has 1 amide bonds. The van der Waals surface area contributed by atoms with Gasteiger partial charge in [-0.05, 0) is 48.9 Å². The zero-order chi connectivity index (χ0) is 23.4. The van der Waals surface area contributed by atoms with E-state index >= 15 is 0 Å². The second kappa shape index (κ2) is 10.7. The Labute approximate surface area is 215 Å². The minimum absolute atomic E-state index is 0.153. The van der Waals surface area contributed by atoms with Crippen LogP contribution in [0.15, 0.2) is 76.1 Å². The van der Waals surface area contributed by atoms with E-state index < -0.39 is 0 Å². The van der Waals surface area contributed by atoms with Gasteiger partial charge in [0.15, 0.2) is 15.8 Å². The molecular formula is C25H19BrClNO3S2. The maximum absolute atomic E-state index is 13.1. The minimum Gasteiger partial charge on any atom is -0.490 e. The summed E-state index contributed by atoms with van der Waals surface area (Å²) in [7, 11) is 0. The van der Waals surface area contributed by atoms with Gasteiger partial charge < -0.3 is 9.47 Å². The van der Waals surface area contributed by atoms with E-state index in [1.54, 1.807) is 4.90 Å². The van der Waals surface area contributed by atoms with Crippen LogP contribution in [-0.2, 0) is 11.4 Å². The molecule has 1 fully saturated rings. The van der Waals surface area contributed by atoms with Crippen LogP contribution in [0.25, 0.3) is 6.08 Å². The monoisotopic (exact) mass is 559 g/mol. The number of anilines is 1. The summed E-state index contributed by atoms with van der Waals surface area (Å²) < 4.78 is 13.1. The minimum atomic E-state index is -0.153. The number of carbonyl (C=O) groups is 1. The standard InChI is InChI=1S/C25H19BrClNO3S2/c1-2-30-21-12-17(19(26)14-22(21)31-15-16-8-6-7-11-20(16)27)13-23-24(29)28(25(32)33-23)18-9-4-3-5-10-18/h3-14H,2,15H2,1H3/b23-13+. The summed E-state index contributed by atoms with van der Waals surface area (Å²) in [5.74, 6) is 1.01. The van der Waals surface area contributed by atoms with Gasteiger partial charge in [-0.3, -0.25) is 9.69 Å². The maximum Gasteiger partial charge on any atom is 0.270 e. The number of rotatable bonds is 7. The van der Waals surface area contributed by atoms with Crippen LogP contribution in [0.2, 0.25) is 5.02 Å². The molecule has 0 aliphatic carbocycles. The Morgan fingerprint density at radius 2 is 1.76 bits per heavy atom. The lowest BCUT2D eigenvalue weighted by Gasteiger charge is -2.15. The van der Waals surface area contributed by atoms with E-state index in [2.05, 4.69) is 15.9 Å². The number of carbonyl (C=O) groups excluding carboxylic acids is 1. The second-order valence-corrected chi connectivity index (χ2v) is 9.92. The van der Waals surface area contributed by atoms with Crippen LogP contribution in [-0.4, -0.2) is 16.8 Å². The summed E-state index contributed by atoms with van der Waals surface area (Å²) in [5, 5.41) is 0.645. The van der Waals surface area contributed by atoms with Crippen molar-refractivity contribution in [2.45, 2.75) is 13.5 Å². The number of para-hydroxylation sites is 1. The number of thioether (sulfide) groups is 1. The maximum atomic E-state index is 13.1. The van der Waals surface area contributed by atoms with Gasteiger partial charge in [0.25, 0.3) is 5.91 Å². The molecule has 0 N–H and O–H groups in total. The molecular weight excluding hydrogens is 542 g/mol. The molecule has 33 heavy (non-hydrogen) atoms. The Balaban J connectivity index is 1.61. The van der Waals surface area contributed by atoms with E-state index in [1.165, 1.54) is 11.8 Å². The van der Waals surface area contributed by atoms with Crippen molar-refractivity contribution in [3.63, 3.8) is 0 Å². The zero-order valence-electron chi connectivity index (χ0n) is 17.6. The molecule has 3 aromatic rings. The van der Waals surface area contributed by atoms with Gasteiger partial charge >= 0.3 is 0 Å². The lowest BCUT2D eigenvalue weighted by atomic mass is 10.1. The Hall–Kier alpha value is -2.32. The van der Waals surface area contributed by atoms with Gasteiger partial charge in [0.1, 0.15) is 6.61 Å². The predicted octanol–water partition coefficient (Wildman–Crippen LogP) is 7.49. The van der Waals surface area contributed by atoms with Crippen LogP contribution < -0.4 is 14.4 Å². The van der Waals surface area contributed by atoms with Gasteiger partial charge in [-0.15, -0.1) is 0 Å². The molecule has 168 valence electrons. The zero-order valence-corrected chi connectivity index (χ0v) is 21.6. The molecule has 0 bridgehead atoms. The fraction of sp³-hybridized carbons (Fsp3) is 0.120. The van der Waals surface area contributed by atoms with Crippen molar-refractivity contribution in [3.8, 4) is 11.5 Å². The second-order valence-electron chi connectivity index (χ2n) is 6.99. The highest BCUT2D eigenvalue weighted by atomic mass is 79.9. The number of thiocarbonyl (C=S) groups is 1. The summed E-state index contributed by atoms with van der Waals surface area (Å²) in [4.78, 5) is 15.2. The molecule has 0 spiro atoms. The molecule has 0 aromatic heterocycles. The Morgan fingerprint density at radius 1 is 1.06 bits per heavy atom. The first-order valence-corrected chi connectivity index (χ1v) is 12.5. The number of halogens is 2. The summed E-state index contributed by atoms with van der Waals surface area (Å²) in [6.07, 6.45) is 1.81. The van der Waals surface area contributed by atoms with Gasteiger partial charge in [-0.25, -0.2) is 0 Å². The Kier molecular flexibility index (Phi) is 7.75. The number of ether oxygens (including phenoxy) is 2. The van der Waals surface area contributed by atoms with E-state index in [-0.39, 0.29) is 5.91 Å². The highest BCUT2D eigenvalue weighted by molar-refractivity contribution is 9.10. The fourth-order valence-corrected chi connectivity index (χ4v) is 5.14. The summed E-state index contributed by atoms with van der Waals surface area (Å²) in [5.41, 5.74) is 2.42. The predicted molar refractivity (Wildman–Crippen MR) is 143 cm³/mol. The normalized spacial score (nSPS) is 14.8. The topological polar surface area (TPSA) is 38.8 Å². The van der Waals surface area contributed by atoms with E-state index in [0.717, 1.165) is 21.3 Å². The Morgan fingerprint density at radius 3 is 2.48 bits per heavy atom. The first-order chi connectivity index (χ1) is 16.0. The molecule has 3 aromatic carbocycles. The molecule has 4 rings (SSSR count). The SMILES string of the molecule is CCOc1cc(/C=C2/SC(=S)N(c3ccccc3)C2=O)c(Br)cc1OCc1ccccc1Cl. The number of benzene rings is 3. The van der Waals surface area contributed by atoms with Crippen LogP contribution in [0.5, 0.6) is 11.5 Å². The van der Waals surface area contributed by atoms with Crippen LogP contribution in [0.1, 0.15) is 18.1 Å². The van der Waals surface area contributed by atoms with E-state index in [9.17, 15) is 4.79 Å². The lowest BCUT2D eigenvalue weighted by molar-refractivity contribution is -0.113. The molecule has 0 unspecified atom stereocenters. The van der Waals surface area contributed by atoms with Crippen molar-refractivity contribution >= 4 is 73.5 Å².